The van der Waals surface area contributed by atoms with Crippen LogP contribution in [0.15, 0.2) is 12.1 Å². The quantitative estimate of drug-likeness (QED) is 0.564. The summed E-state index contributed by atoms with van der Waals surface area (Å²) in [6, 6.07) is 2.56. The molecule has 26 heavy (non-hydrogen) atoms. The Hall–Kier alpha value is -3.26. The Morgan fingerprint density at radius 1 is 1.15 bits per heavy atom. The summed E-state index contributed by atoms with van der Waals surface area (Å²) in [5.74, 6) is -2.61. The van der Waals surface area contributed by atoms with E-state index < -0.39 is 18.5 Å². The van der Waals surface area contributed by atoms with Crippen molar-refractivity contribution >= 4 is 11.9 Å². The molecule has 0 amide bonds. The highest BCUT2D eigenvalue weighted by molar-refractivity contribution is 6.00. The summed E-state index contributed by atoms with van der Waals surface area (Å²) in [7, 11) is 1.36. The first-order valence-electron chi connectivity index (χ1n) is 7.61. The molecular formula is C18H16O8. The van der Waals surface area contributed by atoms with Crippen LogP contribution in [0.25, 0.3) is 0 Å². The molecule has 0 saturated heterocycles. The third-order valence-electron chi connectivity index (χ3n) is 4.21. The maximum absolute atomic E-state index is 12.6. The van der Waals surface area contributed by atoms with E-state index in [0.29, 0.717) is 11.1 Å². The molecule has 3 N–H and O–H groups in total. The minimum Gasteiger partial charge on any atom is -0.507 e. The zero-order chi connectivity index (χ0) is 19.2. The highest BCUT2D eigenvalue weighted by Crippen LogP contribution is 2.48. The van der Waals surface area contributed by atoms with Crippen molar-refractivity contribution in [3.05, 3.63) is 39.9 Å². The van der Waals surface area contributed by atoms with Gasteiger partial charge in [-0.15, -0.1) is 0 Å². The summed E-state index contributed by atoms with van der Waals surface area (Å²) in [5, 5.41) is 29.2. The van der Waals surface area contributed by atoms with Gasteiger partial charge in [0.2, 0.25) is 0 Å². The van der Waals surface area contributed by atoms with Crippen molar-refractivity contribution in [2.45, 2.75) is 20.5 Å². The number of aliphatic hydroxyl groups excluding tert-OH is 1. The molecule has 0 aromatic heterocycles. The number of aliphatic hydroxyl groups is 1. The number of fused-ring (bicyclic) bond motifs is 2. The lowest BCUT2D eigenvalue weighted by molar-refractivity contribution is 0.0685. The molecule has 1 heterocycles. The molecule has 2 aromatic carbocycles. The Morgan fingerprint density at radius 3 is 2.42 bits per heavy atom. The van der Waals surface area contributed by atoms with E-state index in [0.717, 1.165) is 0 Å². The molecule has 0 unspecified atom stereocenters. The lowest BCUT2D eigenvalue weighted by Crippen LogP contribution is -2.11. The van der Waals surface area contributed by atoms with Crippen molar-refractivity contribution in [3.63, 3.8) is 0 Å². The van der Waals surface area contributed by atoms with Crippen LogP contribution in [-0.2, 0) is 6.61 Å². The molecule has 136 valence electrons. The van der Waals surface area contributed by atoms with Gasteiger partial charge in [-0.1, -0.05) is 0 Å². The van der Waals surface area contributed by atoms with Gasteiger partial charge < -0.3 is 29.5 Å². The van der Waals surface area contributed by atoms with Gasteiger partial charge in [-0.25, -0.2) is 9.59 Å². The van der Waals surface area contributed by atoms with E-state index >= 15 is 0 Å². The van der Waals surface area contributed by atoms with E-state index in [1.54, 1.807) is 13.8 Å². The average molecular weight is 360 g/mol. The smallest absolute Gasteiger partial charge is 0.347 e. The number of carboxylic acids is 1. The maximum atomic E-state index is 12.6. The Labute approximate surface area is 148 Å². The summed E-state index contributed by atoms with van der Waals surface area (Å²) in [5.41, 5.74) is 0.404. The molecule has 2 aromatic rings. The first-order chi connectivity index (χ1) is 12.3. The molecule has 8 nitrogen and oxygen atoms in total. The van der Waals surface area contributed by atoms with E-state index in [4.69, 9.17) is 14.2 Å². The van der Waals surface area contributed by atoms with Crippen LogP contribution in [0.3, 0.4) is 0 Å². The standard InChI is InChI=1S/C18H16O8/c1-7-4-11(20)10(6-19)15-13(7)18(23)26-14-8(2)12(24-3)5-9(17(21)22)16(14)25-15/h4-5,19-20H,6H2,1-3H3,(H,21,22). The number of aryl methyl sites for hydroxylation is 1. The number of phenols is 1. The highest BCUT2D eigenvalue weighted by atomic mass is 16.6. The van der Waals surface area contributed by atoms with E-state index in [1.165, 1.54) is 19.2 Å². The zero-order valence-corrected chi connectivity index (χ0v) is 14.2. The van der Waals surface area contributed by atoms with E-state index in [2.05, 4.69) is 0 Å². The fraction of sp³-hybridized carbons (Fsp3) is 0.222. The number of rotatable bonds is 3. The van der Waals surface area contributed by atoms with Gasteiger partial charge in [-0.3, -0.25) is 0 Å². The van der Waals surface area contributed by atoms with Crippen molar-refractivity contribution in [2.24, 2.45) is 0 Å². The van der Waals surface area contributed by atoms with Crippen molar-refractivity contribution in [1.82, 2.24) is 0 Å². The van der Waals surface area contributed by atoms with Gasteiger partial charge >= 0.3 is 11.9 Å². The lowest BCUT2D eigenvalue weighted by atomic mass is 10.0. The number of carbonyl (C=O) groups excluding carboxylic acids is 1. The number of ether oxygens (including phenoxy) is 3. The molecule has 0 atom stereocenters. The number of carbonyl (C=O) groups is 2. The van der Waals surface area contributed by atoms with Crippen LogP contribution in [-0.4, -0.2) is 34.4 Å². The number of carboxylic acid groups (broad SMARTS) is 1. The van der Waals surface area contributed by atoms with E-state index in [-0.39, 0.29) is 45.4 Å². The summed E-state index contributed by atoms with van der Waals surface area (Å²) in [6.07, 6.45) is 0. The van der Waals surface area contributed by atoms with Crippen molar-refractivity contribution in [2.75, 3.05) is 7.11 Å². The predicted molar refractivity (Wildman–Crippen MR) is 88.5 cm³/mol. The van der Waals surface area contributed by atoms with Crippen molar-refractivity contribution in [1.29, 1.82) is 0 Å². The number of aromatic carboxylic acids is 1. The van der Waals surface area contributed by atoms with Gasteiger partial charge in [-0.05, 0) is 31.5 Å². The normalized spacial score (nSPS) is 12.4. The van der Waals surface area contributed by atoms with E-state index in [1.807, 2.05) is 0 Å². The topological polar surface area (TPSA) is 123 Å². The molecule has 8 heteroatoms. The van der Waals surface area contributed by atoms with Gasteiger partial charge in [0.15, 0.2) is 17.2 Å². The summed E-state index contributed by atoms with van der Waals surface area (Å²) in [4.78, 5) is 24.3. The molecule has 0 radical (unpaired) electrons. The van der Waals surface area contributed by atoms with Gasteiger partial charge in [0.05, 0.1) is 19.3 Å². The number of hydrogen-bond donors (Lipinski definition) is 3. The number of hydrogen-bond acceptors (Lipinski definition) is 7. The van der Waals surface area contributed by atoms with Crippen LogP contribution in [0.2, 0.25) is 0 Å². The Kier molecular flexibility index (Phi) is 4.21. The molecule has 0 fully saturated rings. The average Bonchev–Trinajstić information content (AvgIpc) is 2.72. The van der Waals surface area contributed by atoms with Crippen LogP contribution < -0.4 is 14.2 Å². The van der Waals surface area contributed by atoms with E-state index in [9.17, 15) is 24.9 Å². The summed E-state index contributed by atoms with van der Waals surface area (Å²) < 4.78 is 16.3. The lowest BCUT2D eigenvalue weighted by Gasteiger charge is -2.16. The fourth-order valence-corrected chi connectivity index (χ4v) is 2.88. The second-order valence-electron chi connectivity index (χ2n) is 5.76. The van der Waals surface area contributed by atoms with Crippen LogP contribution in [0.1, 0.15) is 37.4 Å². The molecule has 0 bridgehead atoms. The molecule has 0 saturated carbocycles. The Balaban J connectivity index is 2.38. The molecule has 0 aliphatic carbocycles. The molecular weight excluding hydrogens is 344 g/mol. The zero-order valence-electron chi connectivity index (χ0n) is 14.2. The SMILES string of the molecule is COc1cc(C(=O)O)c2c(c1C)OC(=O)c1c(C)cc(O)c(CO)c1O2. The number of benzene rings is 2. The Bertz CT molecular complexity index is 945. The highest BCUT2D eigenvalue weighted by Gasteiger charge is 2.33. The molecule has 3 rings (SSSR count). The molecule has 0 spiro atoms. The molecule has 1 aliphatic rings. The third-order valence-corrected chi connectivity index (χ3v) is 4.21. The number of methoxy groups -OCH3 is 1. The largest absolute Gasteiger partial charge is 0.507 e. The van der Waals surface area contributed by atoms with Crippen LogP contribution in [0, 0.1) is 13.8 Å². The number of esters is 1. The first-order valence-corrected chi connectivity index (χ1v) is 7.61. The fourth-order valence-electron chi connectivity index (χ4n) is 2.88. The first kappa shape index (κ1) is 17.6. The van der Waals surface area contributed by atoms with Gasteiger partial charge in [-0.2, -0.15) is 0 Å². The van der Waals surface area contributed by atoms with Gasteiger partial charge in [0, 0.05) is 5.56 Å². The van der Waals surface area contributed by atoms with Gasteiger partial charge in [0.25, 0.3) is 0 Å². The minimum absolute atomic E-state index is 0.00208. The molecule has 1 aliphatic heterocycles. The summed E-state index contributed by atoms with van der Waals surface area (Å²) in [6.45, 7) is 2.54. The predicted octanol–water partition coefficient (Wildman–Crippen LogP) is 2.53. The monoisotopic (exact) mass is 360 g/mol. The van der Waals surface area contributed by atoms with Crippen molar-refractivity contribution < 1.29 is 39.1 Å². The number of aromatic hydroxyl groups is 1. The minimum atomic E-state index is -1.32. The van der Waals surface area contributed by atoms with Gasteiger partial charge in [0.1, 0.15) is 22.6 Å². The second-order valence-corrected chi connectivity index (χ2v) is 5.76. The van der Waals surface area contributed by atoms with Crippen LogP contribution in [0.4, 0.5) is 0 Å². The maximum Gasteiger partial charge on any atom is 0.347 e. The second kappa shape index (κ2) is 6.23. The Morgan fingerprint density at radius 2 is 1.85 bits per heavy atom. The summed E-state index contributed by atoms with van der Waals surface area (Å²) >= 11 is 0. The van der Waals surface area contributed by atoms with Crippen molar-refractivity contribution in [3.8, 4) is 28.7 Å². The van der Waals surface area contributed by atoms with Crippen LogP contribution >= 0.6 is 0 Å². The third kappa shape index (κ3) is 2.51. The van der Waals surface area contributed by atoms with Crippen LogP contribution in [0.5, 0.6) is 28.7 Å².